The molecule has 2 atom stereocenters. The Morgan fingerprint density at radius 2 is 2.31 bits per heavy atom. The molecule has 3 N–H and O–H groups in total. The molecule has 0 aromatic carbocycles. The molecule has 2 rings (SSSR count). The molecule has 1 saturated heterocycles. The first-order valence-corrected chi connectivity index (χ1v) is 5.83. The monoisotopic (exact) mass is 221 g/mol. The number of hydrazine groups is 1. The zero-order valence-electron chi connectivity index (χ0n) is 9.43. The lowest BCUT2D eigenvalue weighted by Crippen LogP contribution is -2.45. The highest BCUT2D eigenvalue weighted by molar-refractivity contribution is 5.11. The molecule has 0 saturated carbocycles. The summed E-state index contributed by atoms with van der Waals surface area (Å²) in [4.78, 5) is 4.01. The second-order valence-electron chi connectivity index (χ2n) is 4.31. The minimum atomic E-state index is 0.294. The first-order valence-electron chi connectivity index (χ1n) is 5.83. The summed E-state index contributed by atoms with van der Waals surface area (Å²) in [6.07, 6.45) is 6.91. The van der Waals surface area contributed by atoms with Crippen LogP contribution in [0.1, 0.15) is 18.4 Å². The quantitative estimate of drug-likeness (QED) is 0.585. The number of pyridine rings is 1. The van der Waals surface area contributed by atoms with Gasteiger partial charge in [0.25, 0.3) is 0 Å². The van der Waals surface area contributed by atoms with Crippen molar-refractivity contribution in [3.63, 3.8) is 0 Å². The standard InChI is InChI=1S/C12H19N3O/c13-15-12(11-2-1-7-16-9-11)8-10-3-5-14-6-4-10/h3-6,11-12,15H,1-2,7-9,13H2. The summed E-state index contributed by atoms with van der Waals surface area (Å²) in [5.41, 5.74) is 4.19. The van der Waals surface area contributed by atoms with E-state index in [0.717, 1.165) is 26.1 Å². The van der Waals surface area contributed by atoms with E-state index in [1.54, 1.807) is 0 Å². The van der Waals surface area contributed by atoms with Crippen LogP contribution in [0.3, 0.4) is 0 Å². The molecule has 1 aliphatic heterocycles. The van der Waals surface area contributed by atoms with Gasteiger partial charge in [0.05, 0.1) is 6.61 Å². The Kier molecular flexibility index (Phi) is 4.27. The second-order valence-corrected chi connectivity index (χ2v) is 4.31. The van der Waals surface area contributed by atoms with E-state index < -0.39 is 0 Å². The molecule has 1 aliphatic rings. The number of hydrogen-bond donors (Lipinski definition) is 2. The fourth-order valence-electron chi connectivity index (χ4n) is 2.22. The van der Waals surface area contributed by atoms with Gasteiger partial charge in [-0.2, -0.15) is 0 Å². The van der Waals surface area contributed by atoms with E-state index in [1.807, 2.05) is 24.5 Å². The average molecular weight is 221 g/mol. The highest BCUT2D eigenvalue weighted by atomic mass is 16.5. The minimum Gasteiger partial charge on any atom is -0.381 e. The van der Waals surface area contributed by atoms with Crippen molar-refractivity contribution < 1.29 is 4.74 Å². The lowest BCUT2D eigenvalue weighted by Gasteiger charge is -2.29. The van der Waals surface area contributed by atoms with Gasteiger partial charge in [-0.15, -0.1) is 0 Å². The van der Waals surface area contributed by atoms with Crippen LogP contribution < -0.4 is 11.3 Å². The number of rotatable bonds is 4. The van der Waals surface area contributed by atoms with Gasteiger partial charge in [0.1, 0.15) is 0 Å². The number of ether oxygens (including phenoxy) is 1. The number of nitrogens with two attached hydrogens (primary N) is 1. The fraction of sp³-hybridized carbons (Fsp3) is 0.583. The summed E-state index contributed by atoms with van der Waals surface area (Å²) >= 11 is 0. The lowest BCUT2D eigenvalue weighted by atomic mass is 9.90. The molecule has 88 valence electrons. The van der Waals surface area contributed by atoms with Crippen LogP contribution in [-0.4, -0.2) is 24.2 Å². The largest absolute Gasteiger partial charge is 0.381 e. The first-order chi connectivity index (χ1) is 7.90. The van der Waals surface area contributed by atoms with Gasteiger partial charge in [-0.25, -0.2) is 0 Å². The summed E-state index contributed by atoms with van der Waals surface area (Å²) in [6.45, 7) is 1.71. The van der Waals surface area contributed by atoms with Crippen LogP contribution in [0, 0.1) is 5.92 Å². The predicted octanol–water partition coefficient (Wildman–Crippen LogP) is 0.883. The summed E-state index contributed by atoms with van der Waals surface area (Å²) in [6, 6.07) is 4.37. The molecule has 4 heteroatoms. The summed E-state index contributed by atoms with van der Waals surface area (Å²) in [5.74, 6) is 6.15. The molecule has 16 heavy (non-hydrogen) atoms. The maximum absolute atomic E-state index is 5.63. The third kappa shape index (κ3) is 3.01. The maximum atomic E-state index is 5.63. The Labute approximate surface area is 96.2 Å². The van der Waals surface area contributed by atoms with Crippen molar-refractivity contribution in [3.8, 4) is 0 Å². The molecule has 1 fully saturated rings. The maximum Gasteiger partial charge on any atom is 0.0509 e. The zero-order valence-corrected chi connectivity index (χ0v) is 9.43. The Balaban J connectivity index is 1.94. The van der Waals surface area contributed by atoms with Gasteiger partial charge in [-0.3, -0.25) is 16.3 Å². The molecule has 0 radical (unpaired) electrons. The van der Waals surface area contributed by atoms with Crippen molar-refractivity contribution in [1.82, 2.24) is 10.4 Å². The van der Waals surface area contributed by atoms with E-state index in [-0.39, 0.29) is 0 Å². The van der Waals surface area contributed by atoms with Gasteiger partial charge in [-0.1, -0.05) is 0 Å². The molecule has 1 aromatic rings. The Bertz CT molecular complexity index is 298. The molecule has 4 nitrogen and oxygen atoms in total. The van der Waals surface area contributed by atoms with Crippen molar-refractivity contribution in [2.24, 2.45) is 11.8 Å². The van der Waals surface area contributed by atoms with Crippen molar-refractivity contribution in [2.45, 2.75) is 25.3 Å². The van der Waals surface area contributed by atoms with Gasteiger partial charge in [-0.05, 0) is 42.9 Å². The van der Waals surface area contributed by atoms with Crippen molar-refractivity contribution in [2.75, 3.05) is 13.2 Å². The lowest BCUT2D eigenvalue weighted by molar-refractivity contribution is 0.0393. The van der Waals surface area contributed by atoms with Gasteiger partial charge in [0.15, 0.2) is 0 Å². The molecule has 1 aromatic heterocycles. The van der Waals surface area contributed by atoms with Crippen LogP contribution in [0.2, 0.25) is 0 Å². The number of aromatic nitrogens is 1. The van der Waals surface area contributed by atoms with E-state index in [9.17, 15) is 0 Å². The molecule has 0 bridgehead atoms. The normalized spacial score (nSPS) is 22.9. The molecule has 0 amide bonds. The predicted molar refractivity (Wildman–Crippen MR) is 62.6 cm³/mol. The molecule has 0 spiro atoms. The SMILES string of the molecule is NNC(Cc1ccncc1)C1CCCOC1. The second kappa shape index (κ2) is 5.94. The fourth-order valence-corrected chi connectivity index (χ4v) is 2.22. The molecular formula is C12H19N3O. The summed E-state index contributed by atoms with van der Waals surface area (Å²) < 4.78 is 5.49. The van der Waals surface area contributed by atoms with Crippen LogP contribution in [0.4, 0.5) is 0 Å². The van der Waals surface area contributed by atoms with Crippen LogP contribution in [0.5, 0.6) is 0 Å². The number of nitrogens with one attached hydrogen (secondary N) is 1. The van der Waals surface area contributed by atoms with Crippen molar-refractivity contribution in [1.29, 1.82) is 0 Å². The third-order valence-corrected chi connectivity index (χ3v) is 3.18. The van der Waals surface area contributed by atoms with E-state index in [4.69, 9.17) is 10.6 Å². The van der Waals surface area contributed by atoms with Crippen LogP contribution in [0.25, 0.3) is 0 Å². The topological polar surface area (TPSA) is 60.2 Å². The van der Waals surface area contributed by atoms with Crippen LogP contribution >= 0.6 is 0 Å². The van der Waals surface area contributed by atoms with E-state index >= 15 is 0 Å². The third-order valence-electron chi connectivity index (χ3n) is 3.18. The van der Waals surface area contributed by atoms with Crippen molar-refractivity contribution >= 4 is 0 Å². The van der Waals surface area contributed by atoms with Crippen LogP contribution in [-0.2, 0) is 11.2 Å². The number of hydrogen-bond acceptors (Lipinski definition) is 4. The Morgan fingerprint density at radius 3 is 2.94 bits per heavy atom. The summed E-state index contributed by atoms with van der Waals surface area (Å²) in [7, 11) is 0. The zero-order chi connectivity index (χ0) is 11.2. The van der Waals surface area contributed by atoms with Crippen molar-refractivity contribution in [3.05, 3.63) is 30.1 Å². The Morgan fingerprint density at radius 1 is 1.50 bits per heavy atom. The molecule has 2 unspecified atom stereocenters. The highest BCUT2D eigenvalue weighted by Gasteiger charge is 2.23. The first kappa shape index (κ1) is 11.5. The molecule has 0 aliphatic carbocycles. The van der Waals surface area contributed by atoms with Gasteiger partial charge in [0.2, 0.25) is 0 Å². The van der Waals surface area contributed by atoms with E-state index in [2.05, 4.69) is 10.4 Å². The average Bonchev–Trinajstić information content (AvgIpc) is 2.38. The number of nitrogens with zero attached hydrogens (tertiary/aromatic N) is 1. The molecular weight excluding hydrogens is 202 g/mol. The van der Waals surface area contributed by atoms with Gasteiger partial charge < -0.3 is 4.74 Å². The molecule has 2 heterocycles. The van der Waals surface area contributed by atoms with E-state index in [1.165, 1.54) is 12.0 Å². The van der Waals surface area contributed by atoms with Crippen LogP contribution in [0.15, 0.2) is 24.5 Å². The smallest absolute Gasteiger partial charge is 0.0509 e. The van der Waals surface area contributed by atoms with Gasteiger partial charge >= 0.3 is 0 Å². The highest BCUT2D eigenvalue weighted by Crippen LogP contribution is 2.19. The van der Waals surface area contributed by atoms with Gasteiger partial charge in [0, 0.05) is 25.0 Å². The Hall–Kier alpha value is -0.970. The van der Waals surface area contributed by atoms with E-state index in [0.29, 0.717) is 12.0 Å². The summed E-state index contributed by atoms with van der Waals surface area (Å²) in [5, 5.41) is 0. The minimum absolute atomic E-state index is 0.294.